The van der Waals surface area contributed by atoms with Crippen molar-refractivity contribution in [1.82, 2.24) is 10.6 Å². The van der Waals surface area contributed by atoms with Crippen molar-refractivity contribution in [3.63, 3.8) is 0 Å². The third-order valence-corrected chi connectivity index (χ3v) is 4.00. The summed E-state index contributed by atoms with van der Waals surface area (Å²) in [4.78, 5) is 27.5. The first-order chi connectivity index (χ1) is 9.65. The van der Waals surface area contributed by atoms with Gasteiger partial charge in [0.15, 0.2) is 5.17 Å². The maximum absolute atomic E-state index is 11.8. The van der Waals surface area contributed by atoms with Crippen LogP contribution in [0.2, 0.25) is 0 Å². The minimum atomic E-state index is -0.183. The molecule has 0 saturated carbocycles. The molecule has 7 heteroatoms. The summed E-state index contributed by atoms with van der Waals surface area (Å²) < 4.78 is 0.920. The quantitative estimate of drug-likeness (QED) is 0.864. The van der Waals surface area contributed by atoms with E-state index in [2.05, 4.69) is 31.6 Å². The number of nitrogens with one attached hydrogen (secondary N) is 2. The van der Waals surface area contributed by atoms with Crippen LogP contribution in [-0.2, 0) is 4.79 Å². The molecule has 0 aromatic heterocycles. The predicted octanol–water partition coefficient (Wildman–Crippen LogP) is 1.79. The molecule has 0 atom stereocenters. The van der Waals surface area contributed by atoms with E-state index in [0.29, 0.717) is 17.3 Å². The number of carbonyl (C=O) groups is 2. The first-order valence-electron chi connectivity index (χ1n) is 6.16. The van der Waals surface area contributed by atoms with E-state index in [9.17, 15) is 9.59 Å². The highest BCUT2D eigenvalue weighted by Gasteiger charge is 2.11. The Hall–Kier alpha value is -1.34. The summed E-state index contributed by atoms with van der Waals surface area (Å²) in [5, 5.41) is 6.10. The number of hydrogen-bond acceptors (Lipinski definition) is 4. The van der Waals surface area contributed by atoms with E-state index >= 15 is 0 Å². The van der Waals surface area contributed by atoms with E-state index in [1.54, 1.807) is 24.3 Å². The molecule has 5 nitrogen and oxygen atoms in total. The summed E-state index contributed by atoms with van der Waals surface area (Å²) in [5.41, 5.74) is 0.573. The summed E-state index contributed by atoms with van der Waals surface area (Å²) in [5.74, 6) is 0.600. The molecule has 0 bridgehead atoms. The van der Waals surface area contributed by atoms with Gasteiger partial charge in [0.2, 0.25) is 5.91 Å². The Kier molecular flexibility index (Phi) is 5.60. The Balaban J connectivity index is 1.71. The van der Waals surface area contributed by atoms with Crippen molar-refractivity contribution in [2.75, 3.05) is 18.8 Å². The van der Waals surface area contributed by atoms with Crippen molar-refractivity contribution >= 4 is 44.7 Å². The molecule has 1 aromatic carbocycles. The van der Waals surface area contributed by atoms with Crippen LogP contribution in [0.25, 0.3) is 0 Å². The number of hydrogen-bond donors (Lipinski definition) is 2. The Bertz CT molecular complexity index is 531. The normalized spacial score (nSPS) is 13.8. The number of aliphatic imine (C=N–C) groups is 1. The van der Waals surface area contributed by atoms with Crippen LogP contribution in [0, 0.1) is 0 Å². The van der Waals surface area contributed by atoms with E-state index in [-0.39, 0.29) is 18.2 Å². The number of amidine groups is 1. The largest absolute Gasteiger partial charge is 0.352 e. The topological polar surface area (TPSA) is 70.6 Å². The van der Waals surface area contributed by atoms with Gasteiger partial charge in [-0.05, 0) is 24.3 Å². The van der Waals surface area contributed by atoms with Gasteiger partial charge >= 0.3 is 0 Å². The summed E-state index contributed by atoms with van der Waals surface area (Å²) in [6, 6.07) is 7.06. The fourth-order valence-electron chi connectivity index (χ4n) is 1.59. The molecule has 0 unspecified atom stereocenters. The van der Waals surface area contributed by atoms with E-state index in [4.69, 9.17) is 0 Å². The molecule has 20 heavy (non-hydrogen) atoms. The Morgan fingerprint density at radius 1 is 1.30 bits per heavy atom. The summed E-state index contributed by atoms with van der Waals surface area (Å²) in [7, 11) is 0. The van der Waals surface area contributed by atoms with Gasteiger partial charge in [0, 0.05) is 28.8 Å². The first-order valence-corrected chi connectivity index (χ1v) is 7.94. The van der Waals surface area contributed by atoms with Gasteiger partial charge in [-0.2, -0.15) is 0 Å². The second kappa shape index (κ2) is 7.44. The molecule has 1 aliphatic rings. The maximum Gasteiger partial charge on any atom is 0.251 e. The van der Waals surface area contributed by atoms with Crippen LogP contribution in [0.5, 0.6) is 0 Å². The fourth-order valence-corrected chi connectivity index (χ4v) is 2.59. The number of rotatable bonds is 4. The van der Waals surface area contributed by atoms with Crippen LogP contribution in [-0.4, -0.2) is 35.8 Å². The molecule has 0 radical (unpaired) electrons. The molecule has 0 saturated heterocycles. The van der Waals surface area contributed by atoms with Crippen LogP contribution in [0.1, 0.15) is 16.8 Å². The van der Waals surface area contributed by atoms with Gasteiger partial charge in [-0.25, -0.2) is 0 Å². The van der Waals surface area contributed by atoms with Gasteiger partial charge in [-0.3, -0.25) is 14.6 Å². The number of benzene rings is 1. The second-order valence-corrected chi connectivity index (χ2v) is 6.10. The minimum Gasteiger partial charge on any atom is -0.352 e. The van der Waals surface area contributed by atoms with Crippen LogP contribution in [0.3, 0.4) is 0 Å². The Labute approximate surface area is 129 Å². The SMILES string of the molecule is O=C(CCNC(=O)c1ccc(Br)cc1)NC1=NCCS1. The van der Waals surface area contributed by atoms with Gasteiger partial charge in [-0.1, -0.05) is 27.7 Å². The van der Waals surface area contributed by atoms with Crippen molar-refractivity contribution in [2.45, 2.75) is 6.42 Å². The number of carbonyl (C=O) groups excluding carboxylic acids is 2. The third kappa shape index (κ3) is 4.64. The van der Waals surface area contributed by atoms with Gasteiger partial charge in [-0.15, -0.1) is 0 Å². The van der Waals surface area contributed by atoms with Crippen molar-refractivity contribution < 1.29 is 9.59 Å². The van der Waals surface area contributed by atoms with Crippen molar-refractivity contribution in [1.29, 1.82) is 0 Å². The van der Waals surface area contributed by atoms with Gasteiger partial charge in [0.25, 0.3) is 5.91 Å². The van der Waals surface area contributed by atoms with Crippen molar-refractivity contribution in [2.24, 2.45) is 4.99 Å². The summed E-state index contributed by atoms with van der Waals surface area (Å²) >= 11 is 4.84. The number of nitrogens with zero attached hydrogens (tertiary/aromatic N) is 1. The summed E-state index contributed by atoms with van der Waals surface area (Å²) in [6.07, 6.45) is 0.238. The molecule has 1 heterocycles. The number of halogens is 1. The first kappa shape index (κ1) is 15.1. The average molecular weight is 356 g/mol. The number of amides is 2. The molecule has 0 spiro atoms. The van der Waals surface area contributed by atoms with Crippen LogP contribution in [0.15, 0.2) is 33.7 Å². The standard InChI is InChI=1S/C13H14BrN3O2S/c14-10-3-1-9(2-4-10)12(19)15-6-5-11(18)17-13-16-7-8-20-13/h1-4H,5-8H2,(H,15,19)(H,16,17,18). The highest BCUT2D eigenvalue weighted by molar-refractivity contribution is 9.10. The molecule has 2 rings (SSSR count). The minimum absolute atomic E-state index is 0.130. The molecule has 1 aromatic rings. The Morgan fingerprint density at radius 2 is 2.05 bits per heavy atom. The number of thioether (sulfide) groups is 1. The lowest BCUT2D eigenvalue weighted by atomic mass is 10.2. The average Bonchev–Trinajstić information content (AvgIpc) is 2.92. The van der Waals surface area contributed by atoms with Gasteiger partial charge in [0.05, 0.1) is 6.54 Å². The molecule has 106 valence electrons. The van der Waals surface area contributed by atoms with Crippen LogP contribution in [0.4, 0.5) is 0 Å². The second-order valence-electron chi connectivity index (χ2n) is 4.10. The van der Waals surface area contributed by atoms with E-state index < -0.39 is 0 Å². The van der Waals surface area contributed by atoms with Crippen molar-refractivity contribution in [3.05, 3.63) is 34.3 Å². The zero-order valence-electron chi connectivity index (χ0n) is 10.7. The molecular formula is C13H14BrN3O2S. The lowest BCUT2D eigenvalue weighted by Crippen LogP contribution is -2.32. The molecule has 2 amide bonds. The zero-order chi connectivity index (χ0) is 14.4. The van der Waals surface area contributed by atoms with Crippen molar-refractivity contribution in [3.8, 4) is 0 Å². The molecule has 0 aliphatic carbocycles. The summed E-state index contributed by atoms with van der Waals surface area (Å²) in [6.45, 7) is 1.05. The fraction of sp³-hybridized carbons (Fsp3) is 0.308. The highest BCUT2D eigenvalue weighted by Crippen LogP contribution is 2.10. The third-order valence-electron chi connectivity index (χ3n) is 2.58. The monoisotopic (exact) mass is 355 g/mol. The maximum atomic E-state index is 11.8. The predicted molar refractivity (Wildman–Crippen MR) is 84.0 cm³/mol. The molecular weight excluding hydrogens is 342 g/mol. The highest BCUT2D eigenvalue weighted by atomic mass is 79.9. The van der Waals surface area contributed by atoms with E-state index in [0.717, 1.165) is 16.8 Å². The van der Waals surface area contributed by atoms with Gasteiger partial charge in [0.1, 0.15) is 0 Å². The Morgan fingerprint density at radius 3 is 2.70 bits per heavy atom. The lowest BCUT2D eigenvalue weighted by Gasteiger charge is -2.06. The lowest BCUT2D eigenvalue weighted by molar-refractivity contribution is -0.119. The van der Waals surface area contributed by atoms with E-state index in [1.165, 1.54) is 11.8 Å². The van der Waals surface area contributed by atoms with Crippen LogP contribution >= 0.6 is 27.7 Å². The smallest absolute Gasteiger partial charge is 0.251 e. The van der Waals surface area contributed by atoms with E-state index in [1.807, 2.05) is 0 Å². The van der Waals surface area contributed by atoms with Gasteiger partial charge < -0.3 is 10.6 Å². The zero-order valence-corrected chi connectivity index (χ0v) is 13.1. The molecule has 0 fully saturated rings. The molecule has 1 aliphatic heterocycles. The van der Waals surface area contributed by atoms with Crippen LogP contribution < -0.4 is 10.6 Å². The molecule has 2 N–H and O–H groups in total.